The van der Waals surface area contributed by atoms with Crippen LogP contribution in [0.25, 0.3) is 0 Å². The Bertz CT molecular complexity index is 211. The summed E-state index contributed by atoms with van der Waals surface area (Å²) in [5.41, 5.74) is -0.668. The lowest BCUT2D eigenvalue weighted by molar-refractivity contribution is -0.115. The lowest BCUT2D eigenvalue weighted by Crippen LogP contribution is -2.50. The first-order chi connectivity index (χ1) is 6.03. The molecule has 0 bridgehead atoms. The monoisotopic (exact) mass is 181 g/mol. The minimum Gasteiger partial charge on any atom is -0.389 e. The highest BCUT2D eigenvalue weighted by atomic mass is 16.3. The van der Waals surface area contributed by atoms with Gasteiger partial charge in [-0.3, -0.25) is 0 Å². The smallest absolute Gasteiger partial charge is 0.0810 e. The molecule has 13 heavy (non-hydrogen) atoms. The summed E-state index contributed by atoms with van der Waals surface area (Å²) in [6.07, 6.45) is 2.39. The van der Waals surface area contributed by atoms with Crippen LogP contribution in [-0.2, 0) is 0 Å². The molecule has 2 heteroatoms. The van der Waals surface area contributed by atoms with Gasteiger partial charge < -0.3 is 5.11 Å². The molecule has 2 nitrogen and oxygen atoms in total. The summed E-state index contributed by atoms with van der Waals surface area (Å²) in [5, 5.41) is 18.9. The number of nitrogens with zero attached hydrogens (tertiary/aromatic N) is 1. The lowest BCUT2D eigenvalue weighted by atomic mass is 9.61. The van der Waals surface area contributed by atoms with E-state index in [9.17, 15) is 5.11 Å². The predicted molar refractivity (Wildman–Crippen MR) is 51.9 cm³/mol. The molecule has 1 unspecified atom stereocenters. The van der Waals surface area contributed by atoms with Crippen molar-refractivity contribution in [3.05, 3.63) is 0 Å². The Hall–Kier alpha value is -0.550. The average Bonchev–Trinajstić information content (AvgIpc) is 2.01. The van der Waals surface area contributed by atoms with E-state index in [4.69, 9.17) is 5.26 Å². The molecule has 1 fully saturated rings. The summed E-state index contributed by atoms with van der Waals surface area (Å²) in [5.74, 6) is 1.09. The Morgan fingerprint density at radius 3 is 2.38 bits per heavy atom. The first-order valence-corrected chi connectivity index (χ1v) is 5.15. The van der Waals surface area contributed by atoms with Gasteiger partial charge in [0.2, 0.25) is 0 Å². The first-order valence-electron chi connectivity index (χ1n) is 5.15. The number of hydrogen-bond acceptors (Lipinski definition) is 2. The highest BCUT2D eigenvalue weighted by Gasteiger charge is 2.48. The van der Waals surface area contributed by atoms with E-state index in [1.54, 1.807) is 0 Å². The molecule has 1 N–H and O–H groups in total. The third-order valence-electron chi connectivity index (χ3n) is 3.39. The number of hydrogen-bond donors (Lipinski definition) is 1. The van der Waals surface area contributed by atoms with Gasteiger partial charge in [0, 0.05) is 0 Å². The second kappa shape index (κ2) is 3.67. The van der Waals surface area contributed by atoms with Crippen molar-refractivity contribution in [3.8, 4) is 6.07 Å². The molecule has 1 rings (SSSR count). The molecular weight excluding hydrogens is 162 g/mol. The van der Waals surface area contributed by atoms with Crippen molar-refractivity contribution in [3.63, 3.8) is 0 Å². The van der Waals surface area contributed by atoms with Gasteiger partial charge in [-0.05, 0) is 31.1 Å². The van der Waals surface area contributed by atoms with Crippen LogP contribution in [0.2, 0.25) is 0 Å². The van der Waals surface area contributed by atoms with Crippen LogP contribution in [0.1, 0.15) is 40.0 Å². The summed E-state index contributed by atoms with van der Waals surface area (Å²) in [7, 11) is 0. The predicted octanol–water partition coefficient (Wildman–Crippen LogP) is 2.33. The van der Waals surface area contributed by atoms with Gasteiger partial charge in [-0.2, -0.15) is 5.26 Å². The molecule has 0 saturated heterocycles. The topological polar surface area (TPSA) is 44.0 Å². The van der Waals surface area contributed by atoms with E-state index in [0.717, 1.165) is 19.3 Å². The fourth-order valence-electron chi connectivity index (χ4n) is 2.20. The molecule has 1 saturated carbocycles. The second-order valence-corrected chi connectivity index (χ2v) is 4.61. The summed E-state index contributed by atoms with van der Waals surface area (Å²) in [4.78, 5) is 0. The van der Waals surface area contributed by atoms with Gasteiger partial charge in [-0.25, -0.2) is 0 Å². The average molecular weight is 181 g/mol. The van der Waals surface area contributed by atoms with Gasteiger partial charge >= 0.3 is 0 Å². The molecule has 0 spiro atoms. The summed E-state index contributed by atoms with van der Waals surface area (Å²) >= 11 is 0. The molecule has 0 heterocycles. The Balaban J connectivity index is 2.50. The number of rotatable bonds is 3. The van der Waals surface area contributed by atoms with E-state index in [0.29, 0.717) is 11.8 Å². The second-order valence-electron chi connectivity index (χ2n) is 4.61. The van der Waals surface area contributed by atoms with Crippen LogP contribution >= 0.6 is 0 Å². The molecule has 0 aromatic carbocycles. The van der Waals surface area contributed by atoms with Gasteiger partial charge in [0.1, 0.15) is 0 Å². The molecule has 1 atom stereocenters. The minimum absolute atomic E-state index is 0.164. The quantitative estimate of drug-likeness (QED) is 0.726. The van der Waals surface area contributed by atoms with Crippen LogP contribution in [-0.4, -0.2) is 10.7 Å². The molecule has 0 aromatic rings. The van der Waals surface area contributed by atoms with Crippen molar-refractivity contribution in [2.45, 2.75) is 45.6 Å². The standard InChI is InChI=1S/C11H19NO/c1-4-10(7-12)11(13)5-9(6-11)8(2)3/h8-10,13H,4-6H2,1-3H3. The normalized spacial score (nSPS) is 35.2. The fraction of sp³-hybridized carbons (Fsp3) is 0.909. The van der Waals surface area contributed by atoms with Gasteiger partial charge in [0.25, 0.3) is 0 Å². The Labute approximate surface area is 80.6 Å². The maximum absolute atomic E-state index is 10.1. The van der Waals surface area contributed by atoms with E-state index in [1.807, 2.05) is 6.92 Å². The molecule has 0 amide bonds. The maximum atomic E-state index is 10.1. The van der Waals surface area contributed by atoms with Crippen molar-refractivity contribution in [2.24, 2.45) is 17.8 Å². The van der Waals surface area contributed by atoms with E-state index in [-0.39, 0.29) is 5.92 Å². The molecule has 74 valence electrons. The fourth-order valence-corrected chi connectivity index (χ4v) is 2.20. The van der Waals surface area contributed by atoms with Gasteiger partial charge in [0.15, 0.2) is 0 Å². The lowest BCUT2D eigenvalue weighted by Gasteiger charge is -2.48. The van der Waals surface area contributed by atoms with Crippen molar-refractivity contribution in [1.29, 1.82) is 5.26 Å². The largest absolute Gasteiger partial charge is 0.389 e. The highest BCUT2D eigenvalue weighted by molar-refractivity contribution is 5.06. The van der Waals surface area contributed by atoms with Crippen LogP contribution in [0, 0.1) is 29.1 Å². The van der Waals surface area contributed by atoms with Crippen LogP contribution in [0.4, 0.5) is 0 Å². The van der Waals surface area contributed by atoms with E-state index < -0.39 is 5.60 Å². The molecule has 0 aliphatic heterocycles. The van der Waals surface area contributed by atoms with Gasteiger partial charge in [0.05, 0.1) is 17.6 Å². The molecule has 1 aliphatic carbocycles. The summed E-state index contributed by atoms with van der Waals surface area (Å²) < 4.78 is 0. The van der Waals surface area contributed by atoms with Crippen LogP contribution in [0.5, 0.6) is 0 Å². The van der Waals surface area contributed by atoms with E-state index in [1.165, 1.54) is 0 Å². The van der Waals surface area contributed by atoms with Crippen LogP contribution in [0.3, 0.4) is 0 Å². The van der Waals surface area contributed by atoms with Crippen molar-refractivity contribution >= 4 is 0 Å². The van der Waals surface area contributed by atoms with Gasteiger partial charge in [-0.1, -0.05) is 20.8 Å². The van der Waals surface area contributed by atoms with E-state index in [2.05, 4.69) is 19.9 Å². The van der Waals surface area contributed by atoms with Crippen molar-refractivity contribution < 1.29 is 5.11 Å². The minimum atomic E-state index is -0.668. The maximum Gasteiger partial charge on any atom is 0.0810 e. The Morgan fingerprint density at radius 2 is 2.08 bits per heavy atom. The zero-order valence-corrected chi connectivity index (χ0v) is 8.75. The third-order valence-corrected chi connectivity index (χ3v) is 3.39. The summed E-state index contributed by atoms with van der Waals surface area (Å²) in [6.45, 7) is 6.32. The molecular formula is C11H19NO. The van der Waals surface area contributed by atoms with Crippen LogP contribution < -0.4 is 0 Å². The zero-order chi connectivity index (χ0) is 10.1. The van der Waals surface area contributed by atoms with Gasteiger partial charge in [-0.15, -0.1) is 0 Å². The SMILES string of the molecule is CCC(C#N)C1(O)CC(C(C)C)C1. The first kappa shape index (κ1) is 10.5. The van der Waals surface area contributed by atoms with Crippen LogP contribution in [0.15, 0.2) is 0 Å². The molecule has 1 aliphatic rings. The Morgan fingerprint density at radius 1 is 1.54 bits per heavy atom. The number of nitriles is 1. The number of aliphatic hydroxyl groups is 1. The molecule has 0 radical (unpaired) electrons. The molecule has 0 aromatic heterocycles. The highest BCUT2D eigenvalue weighted by Crippen LogP contribution is 2.47. The zero-order valence-electron chi connectivity index (χ0n) is 8.75. The summed E-state index contributed by atoms with van der Waals surface area (Å²) in [6, 6.07) is 2.20. The third kappa shape index (κ3) is 1.86. The van der Waals surface area contributed by atoms with Crippen molar-refractivity contribution in [1.82, 2.24) is 0 Å². The van der Waals surface area contributed by atoms with Crippen molar-refractivity contribution in [2.75, 3.05) is 0 Å². The van der Waals surface area contributed by atoms with E-state index >= 15 is 0 Å². The Kier molecular flexibility index (Phi) is 2.98.